The topological polar surface area (TPSA) is 77.5 Å². The van der Waals surface area contributed by atoms with E-state index in [0.717, 1.165) is 5.56 Å². The minimum atomic E-state index is -0.230. The van der Waals surface area contributed by atoms with Crippen molar-refractivity contribution in [3.8, 4) is 28.7 Å². The van der Waals surface area contributed by atoms with E-state index in [9.17, 15) is 9.90 Å². The molecule has 1 amide bonds. The molecule has 0 bridgehead atoms. The van der Waals surface area contributed by atoms with Crippen LogP contribution in [0, 0.1) is 0 Å². The van der Waals surface area contributed by atoms with E-state index in [1.54, 1.807) is 48.2 Å². The number of methoxy groups -OCH3 is 4. The molecule has 0 saturated carbocycles. The van der Waals surface area contributed by atoms with Crippen molar-refractivity contribution in [2.75, 3.05) is 33.3 Å². The van der Waals surface area contributed by atoms with Gasteiger partial charge in [-0.25, -0.2) is 0 Å². The summed E-state index contributed by atoms with van der Waals surface area (Å²) in [6.07, 6.45) is 3.13. The molecule has 2 aromatic carbocycles. The molecule has 0 unspecified atom stereocenters. The highest BCUT2D eigenvalue weighted by molar-refractivity contribution is 6.01. The molecule has 150 valence electrons. The second-order valence-corrected chi connectivity index (χ2v) is 5.81. The van der Waals surface area contributed by atoms with Gasteiger partial charge < -0.3 is 29.0 Å². The van der Waals surface area contributed by atoms with Crippen molar-refractivity contribution in [2.45, 2.75) is 13.5 Å². The van der Waals surface area contributed by atoms with Crippen LogP contribution in [0.25, 0.3) is 0 Å². The molecule has 2 aromatic rings. The number of nitrogens with zero attached hydrogens (tertiary/aromatic N) is 1. The largest absolute Gasteiger partial charge is 0.504 e. The first-order valence-electron chi connectivity index (χ1n) is 8.59. The monoisotopic (exact) mass is 387 g/mol. The van der Waals surface area contributed by atoms with Crippen LogP contribution in [0.3, 0.4) is 0 Å². The minimum Gasteiger partial charge on any atom is -0.504 e. The van der Waals surface area contributed by atoms with Crippen LogP contribution < -0.4 is 23.8 Å². The molecule has 0 radical (unpaired) electrons. The first kappa shape index (κ1) is 21.0. The molecule has 0 fully saturated rings. The van der Waals surface area contributed by atoms with Crippen molar-refractivity contribution in [3.05, 3.63) is 48.0 Å². The van der Waals surface area contributed by atoms with Gasteiger partial charge in [-0.3, -0.25) is 4.79 Å². The summed E-state index contributed by atoms with van der Waals surface area (Å²) < 4.78 is 21.2. The molecule has 0 aliphatic heterocycles. The Morgan fingerprint density at radius 3 is 2.04 bits per heavy atom. The Balaban J connectivity index is 2.52. The lowest BCUT2D eigenvalue weighted by Gasteiger charge is -2.24. The summed E-state index contributed by atoms with van der Waals surface area (Å²) in [6, 6.07) is 8.40. The third-order valence-electron chi connectivity index (χ3n) is 4.12. The molecule has 0 aliphatic rings. The zero-order valence-electron chi connectivity index (χ0n) is 16.7. The van der Waals surface area contributed by atoms with Gasteiger partial charge in [-0.05, 0) is 30.7 Å². The van der Waals surface area contributed by atoms with Crippen molar-refractivity contribution in [1.82, 2.24) is 0 Å². The van der Waals surface area contributed by atoms with E-state index in [-0.39, 0.29) is 18.2 Å². The Morgan fingerprint density at radius 2 is 1.57 bits per heavy atom. The van der Waals surface area contributed by atoms with Gasteiger partial charge in [-0.2, -0.15) is 0 Å². The van der Waals surface area contributed by atoms with Gasteiger partial charge in [0.1, 0.15) is 0 Å². The number of rotatable bonds is 8. The zero-order chi connectivity index (χ0) is 20.7. The van der Waals surface area contributed by atoms with Crippen LogP contribution in [0.15, 0.2) is 42.5 Å². The second kappa shape index (κ2) is 9.55. The molecule has 28 heavy (non-hydrogen) atoms. The normalized spacial score (nSPS) is 10.6. The number of benzene rings is 2. The Hall–Kier alpha value is -3.35. The predicted molar refractivity (Wildman–Crippen MR) is 107 cm³/mol. The maximum Gasteiger partial charge on any atom is 0.250 e. The first-order valence-corrected chi connectivity index (χ1v) is 8.59. The molecule has 0 aromatic heterocycles. The van der Waals surface area contributed by atoms with Gasteiger partial charge in [0.25, 0.3) is 5.91 Å². The van der Waals surface area contributed by atoms with Crippen LogP contribution in [-0.2, 0) is 11.3 Å². The second-order valence-electron chi connectivity index (χ2n) is 5.81. The number of phenolic OH excluding ortho intramolecular Hbond substituents is 1. The van der Waals surface area contributed by atoms with Gasteiger partial charge in [-0.1, -0.05) is 12.1 Å². The molecular formula is C21H25NO6. The summed E-state index contributed by atoms with van der Waals surface area (Å²) in [4.78, 5) is 14.3. The number of hydrogen-bond acceptors (Lipinski definition) is 6. The number of aromatic hydroxyl groups is 1. The molecule has 7 heteroatoms. The van der Waals surface area contributed by atoms with Gasteiger partial charge in [0.05, 0.1) is 40.7 Å². The number of phenols is 1. The molecule has 0 spiro atoms. The zero-order valence-corrected chi connectivity index (χ0v) is 16.7. The van der Waals surface area contributed by atoms with Gasteiger partial charge in [0, 0.05) is 12.1 Å². The van der Waals surface area contributed by atoms with Crippen LogP contribution in [0.1, 0.15) is 12.5 Å². The standard InChI is InChI=1S/C21H25NO6/c1-6-7-20(24)22(13-14-8-9-17(25-2)16(23)10-14)15-11-18(26-3)21(28-5)19(12-15)27-4/h6-12,23H,13H2,1-5H3. The van der Waals surface area contributed by atoms with Crippen LogP contribution in [0.5, 0.6) is 28.7 Å². The van der Waals surface area contributed by atoms with Gasteiger partial charge in [0.2, 0.25) is 5.75 Å². The van der Waals surface area contributed by atoms with E-state index < -0.39 is 0 Å². The Morgan fingerprint density at radius 1 is 0.964 bits per heavy atom. The van der Waals surface area contributed by atoms with Crippen molar-refractivity contribution in [3.63, 3.8) is 0 Å². The number of allylic oxidation sites excluding steroid dienone is 1. The lowest BCUT2D eigenvalue weighted by Crippen LogP contribution is -2.28. The fourth-order valence-corrected chi connectivity index (χ4v) is 2.77. The highest BCUT2D eigenvalue weighted by Gasteiger charge is 2.20. The summed E-state index contributed by atoms with van der Waals surface area (Å²) in [5.41, 5.74) is 1.29. The summed E-state index contributed by atoms with van der Waals surface area (Å²) in [7, 11) is 6.02. The van der Waals surface area contributed by atoms with Crippen molar-refractivity contribution >= 4 is 11.6 Å². The number of amides is 1. The number of anilines is 1. The van der Waals surface area contributed by atoms with Gasteiger partial charge in [0.15, 0.2) is 23.0 Å². The van der Waals surface area contributed by atoms with Crippen molar-refractivity contribution in [2.24, 2.45) is 0 Å². The molecular weight excluding hydrogens is 362 g/mol. The third-order valence-corrected chi connectivity index (χ3v) is 4.12. The molecule has 2 rings (SSSR count). The van der Waals surface area contributed by atoms with E-state index in [0.29, 0.717) is 28.7 Å². The van der Waals surface area contributed by atoms with Gasteiger partial charge >= 0.3 is 0 Å². The third kappa shape index (κ3) is 4.49. The predicted octanol–water partition coefficient (Wildman–Crippen LogP) is 3.54. The van der Waals surface area contributed by atoms with Crippen LogP contribution >= 0.6 is 0 Å². The lowest BCUT2D eigenvalue weighted by atomic mass is 10.1. The average Bonchev–Trinajstić information content (AvgIpc) is 2.71. The van der Waals surface area contributed by atoms with Gasteiger partial charge in [-0.15, -0.1) is 0 Å². The SMILES string of the molecule is CC=CC(=O)N(Cc1ccc(OC)c(O)c1)c1cc(OC)c(OC)c(OC)c1. The fraction of sp³-hybridized carbons (Fsp3) is 0.286. The highest BCUT2D eigenvalue weighted by Crippen LogP contribution is 2.41. The maximum absolute atomic E-state index is 12.7. The Bertz CT molecular complexity index is 837. The number of hydrogen-bond donors (Lipinski definition) is 1. The van der Waals surface area contributed by atoms with Crippen molar-refractivity contribution < 1.29 is 28.8 Å². The molecule has 0 aliphatic carbocycles. The molecule has 7 nitrogen and oxygen atoms in total. The van der Waals surface area contributed by atoms with Crippen LogP contribution in [0.2, 0.25) is 0 Å². The van der Waals surface area contributed by atoms with E-state index in [4.69, 9.17) is 18.9 Å². The summed E-state index contributed by atoms with van der Waals surface area (Å²) >= 11 is 0. The van der Waals surface area contributed by atoms with Crippen LogP contribution in [-0.4, -0.2) is 39.5 Å². The van der Waals surface area contributed by atoms with E-state index >= 15 is 0 Å². The van der Waals surface area contributed by atoms with Crippen LogP contribution in [0.4, 0.5) is 5.69 Å². The maximum atomic E-state index is 12.7. The quantitative estimate of drug-likeness (QED) is 0.698. The molecule has 0 saturated heterocycles. The Labute approximate surface area is 164 Å². The van der Waals surface area contributed by atoms with Crippen molar-refractivity contribution in [1.29, 1.82) is 0 Å². The summed E-state index contributed by atoms with van der Waals surface area (Å²) in [5, 5.41) is 10.1. The Kier molecular flexibility index (Phi) is 7.14. The van der Waals surface area contributed by atoms with E-state index in [2.05, 4.69) is 0 Å². The summed E-state index contributed by atoms with van der Waals surface area (Å²) in [6.45, 7) is 1.99. The van der Waals surface area contributed by atoms with E-state index in [1.165, 1.54) is 34.5 Å². The lowest BCUT2D eigenvalue weighted by molar-refractivity contribution is -0.114. The average molecular weight is 387 g/mol. The molecule has 0 atom stereocenters. The van der Waals surface area contributed by atoms with E-state index in [1.807, 2.05) is 0 Å². The smallest absolute Gasteiger partial charge is 0.250 e. The highest BCUT2D eigenvalue weighted by atomic mass is 16.5. The fourth-order valence-electron chi connectivity index (χ4n) is 2.77. The number of carbonyl (C=O) groups excluding carboxylic acids is 1. The molecule has 1 N–H and O–H groups in total. The minimum absolute atomic E-state index is 0.00308. The summed E-state index contributed by atoms with van der Waals surface area (Å²) in [5.74, 6) is 1.45. The number of carbonyl (C=O) groups is 1. The first-order chi connectivity index (χ1) is 13.5. The number of ether oxygens (including phenoxy) is 4. The molecule has 0 heterocycles.